The lowest BCUT2D eigenvalue weighted by Crippen LogP contribution is -2.31. The van der Waals surface area contributed by atoms with Gasteiger partial charge in [-0.05, 0) is 24.7 Å². The predicted octanol–water partition coefficient (Wildman–Crippen LogP) is 2.90. The molecule has 2 aromatic heterocycles. The summed E-state index contributed by atoms with van der Waals surface area (Å²) in [5, 5.41) is 10.9. The minimum absolute atomic E-state index is 0.227. The summed E-state index contributed by atoms with van der Waals surface area (Å²) in [7, 11) is 4.71. The van der Waals surface area contributed by atoms with Crippen molar-refractivity contribution >= 4 is 16.9 Å². The molecule has 0 amide bonds. The fourth-order valence-electron chi connectivity index (χ4n) is 3.13. The molecule has 3 rings (SSSR count). The number of carboxylic acids is 1. The molecule has 27 heavy (non-hydrogen) atoms. The van der Waals surface area contributed by atoms with Crippen molar-refractivity contribution in [2.75, 3.05) is 21.3 Å². The van der Waals surface area contributed by atoms with Crippen LogP contribution in [0.25, 0.3) is 10.9 Å². The fourth-order valence-corrected chi connectivity index (χ4v) is 3.13. The van der Waals surface area contributed by atoms with E-state index in [1.165, 1.54) is 14.2 Å². The maximum Gasteiger partial charge on any atom is 0.325 e. The van der Waals surface area contributed by atoms with Gasteiger partial charge < -0.3 is 14.6 Å². The Labute approximate surface area is 157 Å². The minimum atomic E-state index is -0.990. The Kier molecular flexibility index (Phi) is 5.52. The number of likely N-dealkylation sites (N-methyl/N-ethyl adjacent to an activating group) is 1. The average Bonchev–Trinajstić information content (AvgIpc) is 2.68. The summed E-state index contributed by atoms with van der Waals surface area (Å²) in [6.07, 6.45) is 1.73. The number of pyridine rings is 2. The van der Waals surface area contributed by atoms with Gasteiger partial charge in [-0.1, -0.05) is 24.3 Å². The van der Waals surface area contributed by atoms with E-state index in [9.17, 15) is 9.90 Å². The van der Waals surface area contributed by atoms with Crippen LogP contribution in [0.3, 0.4) is 0 Å². The molecule has 3 aromatic rings. The number of hydrogen-bond acceptors (Lipinski definition) is 6. The van der Waals surface area contributed by atoms with Crippen molar-refractivity contribution in [3.63, 3.8) is 0 Å². The van der Waals surface area contributed by atoms with E-state index in [1.807, 2.05) is 30.3 Å². The number of nitrogens with zero attached hydrogens (tertiary/aromatic N) is 3. The highest BCUT2D eigenvalue weighted by Crippen LogP contribution is 2.31. The molecule has 0 radical (unpaired) electrons. The van der Waals surface area contributed by atoms with Crippen LogP contribution in [-0.2, 0) is 11.3 Å². The number of benzene rings is 1. The van der Waals surface area contributed by atoms with Gasteiger partial charge in [-0.2, -0.15) is 4.98 Å². The van der Waals surface area contributed by atoms with Crippen LogP contribution in [0.1, 0.15) is 17.2 Å². The number of hydrogen-bond donors (Lipinski definition) is 1. The highest BCUT2D eigenvalue weighted by Gasteiger charge is 2.29. The SMILES string of the molecule is COc1ccc(C(C(=O)O)N(C)Cc2cccc3cccnc23)c(OC)n1. The van der Waals surface area contributed by atoms with Gasteiger partial charge in [0.2, 0.25) is 11.8 Å². The van der Waals surface area contributed by atoms with Crippen molar-refractivity contribution in [1.29, 1.82) is 0 Å². The van der Waals surface area contributed by atoms with E-state index >= 15 is 0 Å². The van der Waals surface area contributed by atoms with E-state index in [2.05, 4.69) is 9.97 Å². The van der Waals surface area contributed by atoms with E-state index in [1.54, 1.807) is 30.3 Å². The van der Waals surface area contributed by atoms with Gasteiger partial charge in [0.25, 0.3) is 0 Å². The van der Waals surface area contributed by atoms with Crippen molar-refractivity contribution < 1.29 is 19.4 Å². The van der Waals surface area contributed by atoms with E-state index in [-0.39, 0.29) is 5.88 Å². The van der Waals surface area contributed by atoms with Gasteiger partial charge in [-0.3, -0.25) is 14.7 Å². The van der Waals surface area contributed by atoms with Gasteiger partial charge in [-0.15, -0.1) is 0 Å². The summed E-state index contributed by atoms with van der Waals surface area (Å²) in [4.78, 5) is 22.4. The van der Waals surface area contributed by atoms with Gasteiger partial charge in [0, 0.05) is 29.8 Å². The third kappa shape index (κ3) is 3.83. The molecule has 0 aliphatic carbocycles. The first-order valence-corrected chi connectivity index (χ1v) is 8.39. The largest absolute Gasteiger partial charge is 0.481 e. The molecule has 1 atom stereocenters. The lowest BCUT2D eigenvalue weighted by atomic mass is 10.0. The maximum atomic E-state index is 12.0. The van der Waals surface area contributed by atoms with Crippen molar-refractivity contribution in [3.05, 3.63) is 59.8 Å². The zero-order valence-electron chi connectivity index (χ0n) is 15.4. The molecule has 0 aliphatic heterocycles. The Bertz CT molecular complexity index is 956. The van der Waals surface area contributed by atoms with Crippen LogP contribution >= 0.6 is 0 Å². The predicted molar refractivity (Wildman–Crippen MR) is 101 cm³/mol. The number of ether oxygens (including phenoxy) is 2. The monoisotopic (exact) mass is 367 g/mol. The first-order valence-electron chi connectivity index (χ1n) is 8.39. The molecule has 140 valence electrons. The summed E-state index contributed by atoms with van der Waals surface area (Å²) in [5.74, 6) is -0.402. The van der Waals surface area contributed by atoms with Gasteiger partial charge in [0.15, 0.2) is 0 Å². The first-order chi connectivity index (χ1) is 13.0. The number of fused-ring (bicyclic) bond motifs is 1. The van der Waals surface area contributed by atoms with Crippen molar-refractivity contribution in [3.8, 4) is 11.8 Å². The Morgan fingerprint density at radius 1 is 1.15 bits per heavy atom. The van der Waals surface area contributed by atoms with E-state index in [0.717, 1.165) is 16.5 Å². The number of aromatic nitrogens is 2. The Hall–Kier alpha value is -3.19. The van der Waals surface area contributed by atoms with Crippen LogP contribution in [0.15, 0.2) is 48.7 Å². The summed E-state index contributed by atoms with van der Waals surface area (Å²) in [6.45, 7) is 0.403. The molecule has 0 bridgehead atoms. The minimum Gasteiger partial charge on any atom is -0.481 e. The highest BCUT2D eigenvalue weighted by molar-refractivity contribution is 5.81. The molecule has 1 aromatic carbocycles. The second kappa shape index (κ2) is 8.01. The summed E-state index contributed by atoms with van der Waals surface area (Å²) < 4.78 is 10.4. The zero-order valence-corrected chi connectivity index (χ0v) is 15.4. The van der Waals surface area contributed by atoms with Gasteiger partial charge in [0.05, 0.1) is 19.7 Å². The second-order valence-electron chi connectivity index (χ2n) is 6.10. The number of aliphatic carboxylic acids is 1. The van der Waals surface area contributed by atoms with Crippen molar-refractivity contribution in [2.45, 2.75) is 12.6 Å². The number of carboxylic acid groups (broad SMARTS) is 1. The lowest BCUT2D eigenvalue weighted by Gasteiger charge is -2.26. The Morgan fingerprint density at radius 2 is 1.93 bits per heavy atom. The topological polar surface area (TPSA) is 84.8 Å². The molecule has 1 N–H and O–H groups in total. The van der Waals surface area contributed by atoms with Crippen LogP contribution in [0.4, 0.5) is 0 Å². The molecular formula is C20H21N3O4. The number of rotatable bonds is 7. The molecule has 0 saturated heterocycles. The normalized spacial score (nSPS) is 12.1. The molecule has 0 spiro atoms. The number of para-hydroxylation sites is 1. The van der Waals surface area contributed by atoms with Gasteiger partial charge in [0.1, 0.15) is 6.04 Å². The maximum absolute atomic E-state index is 12.0. The summed E-state index contributed by atoms with van der Waals surface area (Å²) in [5.41, 5.74) is 2.26. The van der Waals surface area contributed by atoms with E-state index in [4.69, 9.17) is 9.47 Å². The fraction of sp³-hybridized carbons (Fsp3) is 0.250. The molecule has 7 nitrogen and oxygen atoms in total. The van der Waals surface area contributed by atoms with Crippen LogP contribution in [0.2, 0.25) is 0 Å². The summed E-state index contributed by atoms with van der Waals surface area (Å²) >= 11 is 0. The lowest BCUT2D eigenvalue weighted by molar-refractivity contribution is -0.143. The molecule has 1 unspecified atom stereocenters. The second-order valence-corrected chi connectivity index (χ2v) is 6.10. The molecule has 7 heteroatoms. The molecule has 0 saturated carbocycles. The van der Waals surface area contributed by atoms with Crippen molar-refractivity contribution in [2.24, 2.45) is 0 Å². The van der Waals surface area contributed by atoms with Gasteiger partial charge >= 0.3 is 5.97 Å². The molecule has 0 fully saturated rings. The Balaban J connectivity index is 1.97. The third-order valence-electron chi connectivity index (χ3n) is 4.37. The third-order valence-corrected chi connectivity index (χ3v) is 4.37. The van der Waals surface area contributed by atoms with Crippen molar-refractivity contribution in [1.82, 2.24) is 14.9 Å². The first kappa shape index (κ1) is 18.6. The zero-order chi connectivity index (χ0) is 19.4. The number of carbonyl (C=O) groups is 1. The molecule has 0 aliphatic rings. The van der Waals surface area contributed by atoms with Crippen LogP contribution in [0, 0.1) is 0 Å². The van der Waals surface area contributed by atoms with Crippen LogP contribution in [-0.4, -0.2) is 47.2 Å². The van der Waals surface area contributed by atoms with Crippen LogP contribution in [0.5, 0.6) is 11.8 Å². The standard InChI is InChI=1S/C20H21N3O4/c1-23(12-14-7-4-6-13-8-5-11-21-17(13)14)18(20(24)25)15-9-10-16(26-2)22-19(15)27-3/h4-11,18H,12H2,1-3H3,(H,24,25). The smallest absolute Gasteiger partial charge is 0.325 e. The summed E-state index contributed by atoms with van der Waals surface area (Å²) in [6, 6.07) is 12.1. The van der Waals surface area contributed by atoms with Gasteiger partial charge in [-0.25, -0.2) is 0 Å². The molecule has 2 heterocycles. The highest BCUT2D eigenvalue weighted by atomic mass is 16.5. The molecular weight excluding hydrogens is 346 g/mol. The average molecular weight is 367 g/mol. The quantitative estimate of drug-likeness (QED) is 0.687. The van der Waals surface area contributed by atoms with E-state index in [0.29, 0.717) is 18.0 Å². The van der Waals surface area contributed by atoms with Crippen LogP contribution < -0.4 is 9.47 Å². The van der Waals surface area contributed by atoms with E-state index < -0.39 is 12.0 Å². The number of methoxy groups -OCH3 is 2. The Morgan fingerprint density at radius 3 is 2.63 bits per heavy atom.